The van der Waals surface area contributed by atoms with Crippen molar-refractivity contribution in [1.29, 1.82) is 0 Å². The monoisotopic (exact) mass is 304 g/mol. The largest absolute Gasteiger partial charge is 0.397 e. The topological polar surface area (TPSA) is 55.6 Å². The second kappa shape index (κ2) is 5.66. The highest BCUT2D eigenvalue weighted by atomic mass is 32.1. The Balaban J connectivity index is 1.92. The van der Waals surface area contributed by atoms with E-state index < -0.39 is 0 Å². The van der Waals surface area contributed by atoms with E-state index in [9.17, 15) is 4.79 Å². The van der Waals surface area contributed by atoms with Crippen molar-refractivity contribution in [3.8, 4) is 0 Å². The van der Waals surface area contributed by atoms with E-state index in [0.717, 1.165) is 41.7 Å². The van der Waals surface area contributed by atoms with Gasteiger partial charge in [-0.25, -0.2) is 0 Å². The molecule has 1 aromatic carbocycles. The molecule has 0 radical (unpaired) electrons. The summed E-state index contributed by atoms with van der Waals surface area (Å²) >= 11 is 1.49. The van der Waals surface area contributed by atoms with Gasteiger partial charge in [0.1, 0.15) is 4.88 Å². The number of fused-ring (bicyclic) bond motifs is 1. The summed E-state index contributed by atoms with van der Waals surface area (Å²) in [7, 11) is 1.87. The molecule has 1 fully saturated rings. The predicted molar refractivity (Wildman–Crippen MR) is 86.9 cm³/mol. The first-order chi connectivity index (χ1) is 10.1. The standard InChI is InChI=1S/C16H20N2O2S/c1-10-3-4-13-12(9-10)14(17)15(21-13)16(19)18(2)11-5-7-20-8-6-11/h3-4,9,11H,5-8,17H2,1-2H3. The van der Waals surface area contributed by atoms with Crippen LogP contribution in [0.2, 0.25) is 0 Å². The lowest BCUT2D eigenvalue weighted by molar-refractivity contribution is 0.0365. The molecule has 2 aromatic rings. The molecule has 1 amide bonds. The van der Waals surface area contributed by atoms with Gasteiger partial charge >= 0.3 is 0 Å². The highest BCUT2D eigenvalue weighted by molar-refractivity contribution is 7.21. The highest BCUT2D eigenvalue weighted by Gasteiger charge is 2.26. The number of aryl methyl sites for hydroxylation is 1. The zero-order valence-corrected chi connectivity index (χ0v) is 13.2. The van der Waals surface area contributed by atoms with Crippen LogP contribution >= 0.6 is 11.3 Å². The molecule has 2 heterocycles. The summed E-state index contributed by atoms with van der Waals surface area (Å²) in [5.41, 5.74) is 7.98. The van der Waals surface area contributed by atoms with Gasteiger partial charge in [0, 0.05) is 36.4 Å². The molecule has 1 aliphatic heterocycles. The van der Waals surface area contributed by atoms with Gasteiger partial charge < -0.3 is 15.4 Å². The summed E-state index contributed by atoms with van der Waals surface area (Å²) in [6.45, 7) is 3.49. The van der Waals surface area contributed by atoms with Crippen LogP contribution in [0.5, 0.6) is 0 Å². The minimum atomic E-state index is 0.0262. The van der Waals surface area contributed by atoms with E-state index in [-0.39, 0.29) is 11.9 Å². The van der Waals surface area contributed by atoms with E-state index >= 15 is 0 Å². The molecule has 0 atom stereocenters. The summed E-state index contributed by atoms with van der Waals surface area (Å²) in [6.07, 6.45) is 1.79. The molecule has 3 rings (SSSR count). The second-order valence-electron chi connectivity index (χ2n) is 5.60. The Morgan fingerprint density at radius 3 is 2.81 bits per heavy atom. The molecule has 1 aromatic heterocycles. The van der Waals surface area contributed by atoms with E-state index in [0.29, 0.717) is 10.6 Å². The van der Waals surface area contributed by atoms with Crippen molar-refractivity contribution < 1.29 is 9.53 Å². The highest BCUT2D eigenvalue weighted by Crippen LogP contribution is 2.35. The first-order valence-corrected chi connectivity index (χ1v) is 8.03. The van der Waals surface area contributed by atoms with Gasteiger partial charge in [0.15, 0.2) is 0 Å². The van der Waals surface area contributed by atoms with Crippen LogP contribution in [0.4, 0.5) is 5.69 Å². The molecule has 1 saturated heterocycles. The number of hydrogen-bond donors (Lipinski definition) is 1. The smallest absolute Gasteiger partial charge is 0.266 e. The third-order valence-corrected chi connectivity index (χ3v) is 5.31. The van der Waals surface area contributed by atoms with Crippen LogP contribution in [0.3, 0.4) is 0 Å². The van der Waals surface area contributed by atoms with Crippen LogP contribution in [0.1, 0.15) is 28.1 Å². The van der Waals surface area contributed by atoms with Crippen molar-refractivity contribution >= 4 is 33.0 Å². The van der Waals surface area contributed by atoms with Gasteiger partial charge in [0.25, 0.3) is 5.91 Å². The lowest BCUT2D eigenvalue weighted by Crippen LogP contribution is -2.40. The van der Waals surface area contributed by atoms with E-state index in [1.54, 1.807) is 0 Å². The number of amides is 1. The van der Waals surface area contributed by atoms with Crippen molar-refractivity contribution in [2.24, 2.45) is 0 Å². The fourth-order valence-electron chi connectivity index (χ4n) is 2.79. The van der Waals surface area contributed by atoms with Gasteiger partial charge in [-0.1, -0.05) is 11.6 Å². The number of rotatable bonds is 2. The zero-order chi connectivity index (χ0) is 15.0. The van der Waals surface area contributed by atoms with Gasteiger partial charge in [-0.3, -0.25) is 4.79 Å². The molecule has 21 heavy (non-hydrogen) atoms. The first-order valence-electron chi connectivity index (χ1n) is 7.21. The maximum Gasteiger partial charge on any atom is 0.266 e. The Morgan fingerprint density at radius 1 is 1.38 bits per heavy atom. The number of nitrogens with two attached hydrogens (primary N) is 1. The number of ether oxygens (including phenoxy) is 1. The van der Waals surface area contributed by atoms with E-state index in [2.05, 4.69) is 6.07 Å². The van der Waals surface area contributed by atoms with Crippen molar-refractivity contribution in [2.45, 2.75) is 25.8 Å². The maximum absolute atomic E-state index is 12.7. The Bertz CT molecular complexity index is 674. The van der Waals surface area contributed by atoms with Crippen LogP contribution in [-0.2, 0) is 4.74 Å². The third kappa shape index (κ3) is 2.63. The molecular weight excluding hydrogens is 284 g/mol. The van der Waals surface area contributed by atoms with Gasteiger partial charge in [-0.2, -0.15) is 0 Å². The van der Waals surface area contributed by atoms with E-state index in [1.165, 1.54) is 11.3 Å². The average molecular weight is 304 g/mol. The fourth-order valence-corrected chi connectivity index (χ4v) is 3.87. The number of hydrogen-bond acceptors (Lipinski definition) is 4. The van der Waals surface area contributed by atoms with Gasteiger partial charge in [0.2, 0.25) is 0 Å². The van der Waals surface area contributed by atoms with Gasteiger partial charge in [0.05, 0.1) is 5.69 Å². The van der Waals surface area contributed by atoms with Crippen LogP contribution in [0.15, 0.2) is 18.2 Å². The Labute approximate surface area is 128 Å². The lowest BCUT2D eigenvalue weighted by Gasteiger charge is -2.31. The quantitative estimate of drug-likeness (QED) is 0.928. The van der Waals surface area contributed by atoms with E-state index in [1.807, 2.05) is 31.0 Å². The molecule has 5 heteroatoms. The van der Waals surface area contributed by atoms with Crippen molar-refractivity contribution in [1.82, 2.24) is 4.90 Å². The zero-order valence-electron chi connectivity index (χ0n) is 12.4. The molecule has 0 saturated carbocycles. The number of benzene rings is 1. The van der Waals surface area contributed by atoms with Crippen LogP contribution in [-0.4, -0.2) is 37.1 Å². The van der Waals surface area contributed by atoms with Gasteiger partial charge in [-0.15, -0.1) is 11.3 Å². The van der Waals surface area contributed by atoms with Crippen molar-refractivity contribution in [2.75, 3.05) is 26.0 Å². The summed E-state index contributed by atoms with van der Waals surface area (Å²) < 4.78 is 6.43. The number of carbonyl (C=O) groups excluding carboxylic acids is 1. The molecule has 0 bridgehead atoms. The van der Waals surface area contributed by atoms with Crippen LogP contribution < -0.4 is 5.73 Å². The summed E-state index contributed by atoms with van der Waals surface area (Å²) in [5.74, 6) is 0.0262. The first kappa shape index (κ1) is 14.4. The van der Waals surface area contributed by atoms with Crippen LogP contribution in [0.25, 0.3) is 10.1 Å². The van der Waals surface area contributed by atoms with E-state index in [4.69, 9.17) is 10.5 Å². The molecular formula is C16H20N2O2S. The second-order valence-corrected chi connectivity index (χ2v) is 6.66. The minimum Gasteiger partial charge on any atom is -0.397 e. The number of carbonyl (C=O) groups is 1. The SMILES string of the molecule is Cc1ccc2sc(C(=O)N(C)C3CCOCC3)c(N)c2c1. The Morgan fingerprint density at radius 2 is 2.10 bits per heavy atom. The predicted octanol–water partition coefficient (Wildman–Crippen LogP) is 3.04. The lowest BCUT2D eigenvalue weighted by atomic mass is 10.1. The summed E-state index contributed by atoms with van der Waals surface area (Å²) in [4.78, 5) is 15.2. The fraction of sp³-hybridized carbons (Fsp3) is 0.438. The van der Waals surface area contributed by atoms with Gasteiger partial charge in [-0.05, 0) is 31.9 Å². The molecule has 112 valence electrons. The van der Waals surface area contributed by atoms with Crippen molar-refractivity contribution in [3.63, 3.8) is 0 Å². The summed E-state index contributed by atoms with van der Waals surface area (Å²) in [6, 6.07) is 6.38. The third-order valence-electron chi connectivity index (χ3n) is 4.14. The molecule has 2 N–H and O–H groups in total. The summed E-state index contributed by atoms with van der Waals surface area (Å²) in [5, 5.41) is 0.990. The maximum atomic E-state index is 12.7. The molecule has 1 aliphatic rings. The Kier molecular flexibility index (Phi) is 3.87. The number of nitrogen functional groups attached to an aromatic ring is 1. The average Bonchev–Trinajstić information content (AvgIpc) is 2.83. The number of thiophene rings is 1. The number of nitrogens with zero attached hydrogens (tertiary/aromatic N) is 1. The normalized spacial score (nSPS) is 16.3. The van der Waals surface area contributed by atoms with Crippen LogP contribution in [0, 0.1) is 6.92 Å². The van der Waals surface area contributed by atoms with Crippen molar-refractivity contribution in [3.05, 3.63) is 28.6 Å². The minimum absolute atomic E-state index is 0.0262. The Hall–Kier alpha value is -1.59. The molecule has 0 spiro atoms. The molecule has 0 unspecified atom stereocenters. The molecule has 0 aliphatic carbocycles. The molecule has 4 nitrogen and oxygen atoms in total. The number of anilines is 1.